The highest BCUT2D eigenvalue weighted by Gasteiger charge is 2.19. The van der Waals surface area contributed by atoms with Crippen LogP contribution in [0.4, 0.5) is 5.95 Å². The van der Waals surface area contributed by atoms with Gasteiger partial charge in [-0.05, 0) is 6.92 Å². The van der Waals surface area contributed by atoms with E-state index in [9.17, 15) is 0 Å². The third-order valence-electron chi connectivity index (χ3n) is 3.53. The van der Waals surface area contributed by atoms with Crippen LogP contribution >= 0.6 is 0 Å². The number of nitrogens with one attached hydrogen (secondary N) is 1. The van der Waals surface area contributed by atoms with E-state index in [1.807, 2.05) is 38.3 Å². The molecule has 0 spiro atoms. The molecule has 6 nitrogen and oxygen atoms in total. The predicted molar refractivity (Wildman–Crippen MR) is 77.5 cm³/mol. The van der Waals surface area contributed by atoms with Crippen LogP contribution in [0.25, 0.3) is 0 Å². The Kier molecular flexibility index (Phi) is 3.40. The second-order valence-electron chi connectivity index (χ2n) is 5.49. The van der Waals surface area contributed by atoms with Crippen molar-refractivity contribution in [2.45, 2.75) is 26.4 Å². The summed E-state index contributed by atoms with van der Waals surface area (Å²) in [5.74, 6) is 1.76. The molecule has 3 heterocycles. The van der Waals surface area contributed by atoms with Gasteiger partial charge in [-0.3, -0.25) is 4.90 Å². The molecule has 1 aliphatic rings. The maximum absolute atomic E-state index is 4.51. The molecule has 0 radical (unpaired) electrons. The highest BCUT2D eigenvalue weighted by Crippen LogP contribution is 2.18. The molecule has 0 aromatic carbocycles. The van der Waals surface area contributed by atoms with Crippen LogP contribution < -0.4 is 4.90 Å². The van der Waals surface area contributed by atoms with Crippen molar-refractivity contribution in [3.63, 3.8) is 0 Å². The van der Waals surface area contributed by atoms with Crippen LogP contribution in [0.2, 0.25) is 0 Å². The fourth-order valence-corrected chi connectivity index (χ4v) is 2.55. The summed E-state index contributed by atoms with van der Waals surface area (Å²) in [5.41, 5.74) is 3.62. The van der Waals surface area contributed by atoms with Crippen LogP contribution in [-0.2, 0) is 19.5 Å². The Balaban J connectivity index is 1.67. The molecule has 0 aliphatic carbocycles. The topological polar surface area (TPSA) is 60.9 Å². The van der Waals surface area contributed by atoms with Crippen LogP contribution in [0, 0.1) is 6.92 Å². The molecule has 0 unspecified atom stereocenters. The molecule has 0 fully saturated rings. The van der Waals surface area contributed by atoms with Crippen molar-refractivity contribution in [1.82, 2.24) is 24.8 Å². The molecule has 1 aliphatic heterocycles. The Morgan fingerprint density at radius 3 is 2.75 bits per heavy atom. The fraction of sp³-hybridized carbons (Fsp3) is 0.500. The normalized spacial score (nSPS) is 15.2. The van der Waals surface area contributed by atoms with Crippen molar-refractivity contribution >= 4 is 5.95 Å². The Morgan fingerprint density at radius 1 is 1.30 bits per heavy atom. The molecule has 0 saturated carbocycles. The molecule has 1 N–H and O–H groups in total. The zero-order chi connectivity index (χ0) is 14.1. The predicted octanol–water partition coefficient (Wildman–Crippen LogP) is 1.13. The number of rotatable bonds is 3. The average Bonchev–Trinajstić information content (AvgIpc) is 2.78. The maximum atomic E-state index is 4.51. The van der Waals surface area contributed by atoms with E-state index >= 15 is 0 Å². The zero-order valence-electron chi connectivity index (χ0n) is 12.2. The smallest absolute Gasteiger partial charge is 0.224 e. The summed E-state index contributed by atoms with van der Waals surface area (Å²) in [6.07, 6.45) is 4.84. The van der Waals surface area contributed by atoms with Gasteiger partial charge in [0.1, 0.15) is 5.82 Å². The van der Waals surface area contributed by atoms with Crippen molar-refractivity contribution < 1.29 is 0 Å². The lowest BCUT2D eigenvalue weighted by Crippen LogP contribution is -2.30. The third kappa shape index (κ3) is 2.65. The van der Waals surface area contributed by atoms with Gasteiger partial charge in [-0.1, -0.05) is 0 Å². The summed E-state index contributed by atoms with van der Waals surface area (Å²) in [7, 11) is 3.89. The molecule has 20 heavy (non-hydrogen) atoms. The minimum Gasteiger partial charge on any atom is -0.347 e. The highest BCUT2D eigenvalue weighted by molar-refractivity contribution is 5.26. The lowest BCUT2D eigenvalue weighted by Gasteiger charge is -2.25. The second kappa shape index (κ2) is 5.20. The summed E-state index contributed by atoms with van der Waals surface area (Å²) in [6.45, 7) is 4.85. The average molecular weight is 272 g/mol. The van der Waals surface area contributed by atoms with E-state index in [0.717, 1.165) is 43.4 Å². The van der Waals surface area contributed by atoms with E-state index in [-0.39, 0.29) is 0 Å². The number of aromatic nitrogens is 4. The van der Waals surface area contributed by atoms with Gasteiger partial charge in [-0.2, -0.15) is 0 Å². The fourth-order valence-electron chi connectivity index (χ4n) is 2.55. The van der Waals surface area contributed by atoms with Crippen molar-refractivity contribution in [2.75, 3.05) is 25.5 Å². The van der Waals surface area contributed by atoms with Gasteiger partial charge in [-0.25, -0.2) is 15.0 Å². The first kappa shape index (κ1) is 13.1. The van der Waals surface area contributed by atoms with E-state index in [1.54, 1.807) is 0 Å². The number of hydrogen-bond acceptors (Lipinski definition) is 5. The molecule has 2 aromatic heterocycles. The second-order valence-corrected chi connectivity index (χ2v) is 5.49. The molecule has 2 aromatic rings. The number of aryl methyl sites for hydroxylation is 1. The third-order valence-corrected chi connectivity index (χ3v) is 3.53. The van der Waals surface area contributed by atoms with Gasteiger partial charge in [0.25, 0.3) is 0 Å². The molecule has 6 heteroatoms. The van der Waals surface area contributed by atoms with Crippen LogP contribution in [0.15, 0.2) is 12.4 Å². The zero-order valence-corrected chi connectivity index (χ0v) is 12.2. The lowest BCUT2D eigenvalue weighted by atomic mass is 10.1. The van der Waals surface area contributed by atoms with Gasteiger partial charge in [0, 0.05) is 58.1 Å². The van der Waals surface area contributed by atoms with Crippen LogP contribution in [0.1, 0.15) is 22.8 Å². The summed E-state index contributed by atoms with van der Waals surface area (Å²) < 4.78 is 0. The molecular formula is C14H20N6. The summed E-state index contributed by atoms with van der Waals surface area (Å²) in [6, 6.07) is 0. The summed E-state index contributed by atoms with van der Waals surface area (Å²) >= 11 is 0. The van der Waals surface area contributed by atoms with Gasteiger partial charge >= 0.3 is 0 Å². The number of hydrogen-bond donors (Lipinski definition) is 1. The number of fused-ring (bicyclic) bond motifs is 1. The van der Waals surface area contributed by atoms with Crippen molar-refractivity contribution in [1.29, 1.82) is 0 Å². The molecule has 3 rings (SSSR count). The van der Waals surface area contributed by atoms with E-state index in [0.29, 0.717) is 0 Å². The van der Waals surface area contributed by atoms with E-state index < -0.39 is 0 Å². The van der Waals surface area contributed by atoms with Gasteiger partial charge in [-0.15, -0.1) is 0 Å². The van der Waals surface area contributed by atoms with Crippen LogP contribution in [0.3, 0.4) is 0 Å². The molecule has 0 bridgehead atoms. The van der Waals surface area contributed by atoms with E-state index in [4.69, 9.17) is 0 Å². The minimum absolute atomic E-state index is 0.749. The molecule has 0 saturated heterocycles. The quantitative estimate of drug-likeness (QED) is 0.907. The number of H-pyrrole nitrogens is 1. The Labute approximate surface area is 118 Å². The monoisotopic (exact) mass is 272 g/mol. The Hall–Kier alpha value is -1.95. The molecule has 106 valence electrons. The summed E-state index contributed by atoms with van der Waals surface area (Å²) in [5, 5.41) is 0. The van der Waals surface area contributed by atoms with Crippen LogP contribution in [-0.4, -0.2) is 45.5 Å². The lowest BCUT2D eigenvalue weighted by molar-refractivity contribution is 0.241. The number of aromatic amines is 1. The van der Waals surface area contributed by atoms with Crippen LogP contribution in [0.5, 0.6) is 0 Å². The van der Waals surface area contributed by atoms with Crippen molar-refractivity contribution in [2.24, 2.45) is 0 Å². The van der Waals surface area contributed by atoms with Gasteiger partial charge in [0.05, 0.1) is 11.4 Å². The highest BCUT2D eigenvalue weighted by atomic mass is 15.2. The van der Waals surface area contributed by atoms with Gasteiger partial charge in [0.2, 0.25) is 5.95 Å². The van der Waals surface area contributed by atoms with E-state index in [2.05, 4.69) is 24.8 Å². The van der Waals surface area contributed by atoms with Crippen molar-refractivity contribution in [3.8, 4) is 0 Å². The molecule has 0 atom stereocenters. The molecular weight excluding hydrogens is 252 g/mol. The number of imidazole rings is 1. The van der Waals surface area contributed by atoms with Gasteiger partial charge < -0.3 is 9.88 Å². The Bertz CT molecular complexity index is 586. The largest absolute Gasteiger partial charge is 0.347 e. The first-order valence-electron chi connectivity index (χ1n) is 6.87. The first-order chi connectivity index (χ1) is 9.61. The number of anilines is 1. The minimum atomic E-state index is 0.749. The van der Waals surface area contributed by atoms with Gasteiger partial charge in [0.15, 0.2) is 0 Å². The number of nitrogens with zero attached hydrogens (tertiary/aromatic N) is 5. The standard InChI is InChI=1S/C14H20N6/c1-10-17-12-4-5-20(9-13(12)18-10)8-11-6-15-14(16-7-11)19(2)3/h6-7H,4-5,8-9H2,1-3H3,(H,17,18). The SMILES string of the molecule is Cc1nc2c([nH]1)CN(Cc1cnc(N(C)C)nc1)CC2. The first-order valence-corrected chi connectivity index (χ1v) is 6.87. The molecule has 0 amide bonds. The van der Waals surface area contributed by atoms with Crippen molar-refractivity contribution in [3.05, 3.63) is 35.2 Å². The van der Waals surface area contributed by atoms with E-state index in [1.165, 1.54) is 11.4 Å². The summed E-state index contributed by atoms with van der Waals surface area (Å²) in [4.78, 5) is 20.9. The Morgan fingerprint density at radius 2 is 2.05 bits per heavy atom. The maximum Gasteiger partial charge on any atom is 0.224 e.